The summed E-state index contributed by atoms with van der Waals surface area (Å²) in [6.45, 7) is 2.27. The van der Waals surface area contributed by atoms with Crippen LogP contribution < -0.4 is 21.7 Å². The number of pyridine rings is 1. The van der Waals surface area contributed by atoms with Gasteiger partial charge in [-0.15, -0.1) is 0 Å². The third kappa shape index (κ3) is 3.71. The van der Waals surface area contributed by atoms with Gasteiger partial charge < -0.3 is 21.7 Å². The molecule has 3 heterocycles. The predicted molar refractivity (Wildman–Crippen MR) is 115 cm³/mol. The molecule has 5 N–H and O–H groups in total. The van der Waals surface area contributed by atoms with Crippen molar-refractivity contribution in [2.24, 2.45) is 18.7 Å². The number of aryl methyl sites for hydroxylation is 1. The van der Waals surface area contributed by atoms with Gasteiger partial charge in [0.15, 0.2) is 11.5 Å². The van der Waals surface area contributed by atoms with Gasteiger partial charge in [0.2, 0.25) is 0 Å². The molecule has 0 radical (unpaired) electrons. The van der Waals surface area contributed by atoms with E-state index in [-0.39, 0.29) is 11.4 Å². The van der Waals surface area contributed by atoms with Crippen molar-refractivity contribution >= 4 is 23.1 Å². The van der Waals surface area contributed by atoms with E-state index in [0.717, 1.165) is 25.3 Å². The molecule has 4 rings (SSSR count). The van der Waals surface area contributed by atoms with Gasteiger partial charge in [0.25, 0.3) is 5.91 Å². The lowest BCUT2D eigenvalue weighted by Crippen LogP contribution is -2.26. The zero-order valence-electron chi connectivity index (χ0n) is 16.7. The van der Waals surface area contributed by atoms with Gasteiger partial charge in [0, 0.05) is 25.7 Å². The smallest absolute Gasteiger partial charge is 0.276 e. The number of hydrogen-bond acceptors (Lipinski definition) is 6. The first kappa shape index (κ1) is 19.8. The minimum absolute atomic E-state index is 0.0341. The molecule has 1 fully saturated rings. The Hall–Kier alpha value is -3.46. The average Bonchev–Trinajstić information content (AvgIpc) is 3.35. The summed E-state index contributed by atoms with van der Waals surface area (Å²) < 4.78 is 15.9. The molecule has 1 atom stereocenters. The van der Waals surface area contributed by atoms with E-state index in [1.807, 2.05) is 7.05 Å². The molecule has 0 saturated carbocycles. The quantitative estimate of drug-likeness (QED) is 0.595. The minimum Gasteiger partial charge on any atom is -0.397 e. The number of amides is 1. The van der Waals surface area contributed by atoms with Crippen molar-refractivity contribution in [3.05, 3.63) is 54.1 Å². The molecular weight excluding hydrogens is 385 g/mol. The number of benzene rings is 1. The second-order valence-electron chi connectivity index (χ2n) is 7.41. The van der Waals surface area contributed by atoms with E-state index in [0.29, 0.717) is 29.4 Å². The lowest BCUT2D eigenvalue weighted by atomic mass is 10.1. The molecule has 1 aliphatic heterocycles. The normalized spacial score (nSPS) is 16.1. The summed E-state index contributed by atoms with van der Waals surface area (Å²) >= 11 is 0. The number of halogens is 1. The van der Waals surface area contributed by atoms with Crippen LogP contribution in [0, 0.1) is 11.7 Å². The van der Waals surface area contributed by atoms with Crippen LogP contribution in [0.25, 0.3) is 11.3 Å². The fourth-order valence-corrected chi connectivity index (χ4v) is 3.76. The maximum Gasteiger partial charge on any atom is 0.276 e. The van der Waals surface area contributed by atoms with E-state index >= 15 is 0 Å². The minimum atomic E-state index is -0.477. The Morgan fingerprint density at radius 3 is 2.83 bits per heavy atom. The van der Waals surface area contributed by atoms with Crippen LogP contribution in [0.1, 0.15) is 16.9 Å². The number of hydrogen-bond donors (Lipinski definition) is 3. The van der Waals surface area contributed by atoms with Gasteiger partial charge >= 0.3 is 0 Å². The molecule has 9 heteroatoms. The van der Waals surface area contributed by atoms with Crippen LogP contribution in [0.15, 0.2) is 42.6 Å². The fourth-order valence-electron chi connectivity index (χ4n) is 3.76. The van der Waals surface area contributed by atoms with Crippen molar-refractivity contribution < 1.29 is 9.18 Å². The van der Waals surface area contributed by atoms with Crippen LogP contribution in [0.2, 0.25) is 0 Å². The number of nitrogen functional groups attached to an aromatic ring is 1. The molecule has 1 saturated heterocycles. The zero-order valence-corrected chi connectivity index (χ0v) is 16.7. The summed E-state index contributed by atoms with van der Waals surface area (Å²) in [6, 6.07) is 9.41. The van der Waals surface area contributed by atoms with Gasteiger partial charge in [-0.2, -0.15) is 5.10 Å². The van der Waals surface area contributed by atoms with Gasteiger partial charge in [-0.3, -0.25) is 9.48 Å². The van der Waals surface area contributed by atoms with Crippen LogP contribution >= 0.6 is 0 Å². The predicted octanol–water partition coefficient (Wildman–Crippen LogP) is 2.24. The highest BCUT2D eigenvalue weighted by Crippen LogP contribution is 2.31. The maximum absolute atomic E-state index is 14.1. The topological polar surface area (TPSA) is 115 Å². The highest BCUT2D eigenvalue weighted by molar-refractivity contribution is 6.07. The molecule has 1 aromatic carbocycles. The van der Waals surface area contributed by atoms with E-state index in [2.05, 4.69) is 20.3 Å². The fraction of sp³-hybridized carbons (Fsp3) is 0.286. The largest absolute Gasteiger partial charge is 0.397 e. The Morgan fingerprint density at radius 2 is 2.10 bits per heavy atom. The van der Waals surface area contributed by atoms with Crippen molar-refractivity contribution in [2.45, 2.75) is 6.42 Å². The molecule has 0 aliphatic carbocycles. The SMILES string of the molecule is Cn1ncc(NC(=O)c2nc(-c3ccccc3F)ccc2N)c1N1CC[C@@H](CN)C1. The first-order valence-corrected chi connectivity index (χ1v) is 9.77. The first-order valence-electron chi connectivity index (χ1n) is 9.77. The van der Waals surface area contributed by atoms with E-state index in [9.17, 15) is 9.18 Å². The van der Waals surface area contributed by atoms with E-state index < -0.39 is 11.7 Å². The molecule has 30 heavy (non-hydrogen) atoms. The number of carbonyl (C=O) groups is 1. The lowest BCUT2D eigenvalue weighted by Gasteiger charge is -2.20. The molecule has 2 aromatic heterocycles. The van der Waals surface area contributed by atoms with E-state index in [1.54, 1.807) is 41.2 Å². The Bertz CT molecular complexity index is 1080. The lowest BCUT2D eigenvalue weighted by molar-refractivity contribution is 0.102. The van der Waals surface area contributed by atoms with Gasteiger partial charge in [-0.1, -0.05) is 12.1 Å². The van der Waals surface area contributed by atoms with Crippen LogP contribution in [0.5, 0.6) is 0 Å². The Kier molecular flexibility index (Phi) is 5.37. The highest BCUT2D eigenvalue weighted by atomic mass is 19.1. The molecule has 1 aliphatic rings. The summed E-state index contributed by atoms with van der Waals surface area (Å²) in [5, 5.41) is 7.15. The number of nitrogens with two attached hydrogens (primary N) is 2. The summed E-state index contributed by atoms with van der Waals surface area (Å²) in [7, 11) is 1.83. The van der Waals surface area contributed by atoms with Crippen LogP contribution in [-0.4, -0.2) is 40.3 Å². The second-order valence-corrected chi connectivity index (χ2v) is 7.41. The van der Waals surface area contributed by atoms with Gasteiger partial charge in [0.1, 0.15) is 11.5 Å². The standard InChI is InChI=1S/C21H24FN7O/c1-28-21(29-9-8-13(10-23)12-29)18(11-25-28)27-20(30)19-16(24)6-7-17(26-19)14-4-2-3-5-15(14)22/h2-7,11,13H,8-10,12,23-24H2,1H3,(H,27,30)/t13-/m0/s1. The number of aromatic nitrogens is 3. The van der Waals surface area contributed by atoms with Gasteiger partial charge in [-0.05, 0) is 43.1 Å². The number of rotatable bonds is 5. The number of carbonyl (C=O) groups excluding carboxylic acids is 1. The van der Waals surface area contributed by atoms with Crippen molar-refractivity contribution in [2.75, 3.05) is 35.6 Å². The Labute approximate surface area is 173 Å². The van der Waals surface area contributed by atoms with Crippen LogP contribution in [0.3, 0.4) is 0 Å². The van der Waals surface area contributed by atoms with Crippen molar-refractivity contribution in [1.29, 1.82) is 0 Å². The average molecular weight is 409 g/mol. The summed E-state index contributed by atoms with van der Waals surface area (Å²) in [5.41, 5.74) is 13.3. The van der Waals surface area contributed by atoms with E-state index in [4.69, 9.17) is 11.5 Å². The van der Waals surface area contributed by atoms with Crippen molar-refractivity contribution in [3.63, 3.8) is 0 Å². The number of nitrogens with zero attached hydrogens (tertiary/aromatic N) is 4. The molecule has 156 valence electrons. The molecule has 0 bridgehead atoms. The first-order chi connectivity index (χ1) is 14.5. The maximum atomic E-state index is 14.1. The van der Waals surface area contributed by atoms with E-state index in [1.165, 1.54) is 6.07 Å². The summed E-state index contributed by atoms with van der Waals surface area (Å²) in [4.78, 5) is 19.5. The second kappa shape index (κ2) is 8.11. The van der Waals surface area contributed by atoms with Gasteiger partial charge in [0.05, 0.1) is 17.6 Å². The molecule has 3 aromatic rings. The Balaban J connectivity index is 1.61. The third-order valence-electron chi connectivity index (χ3n) is 5.37. The van der Waals surface area contributed by atoms with Crippen LogP contribution in [-0.2, 0) is 7.05 Å². The third-order valence-corrected chi connectivity index (χ3v) is 5.37. The monoisotopic (exact) mass is 409 g/mol. The molecule has 0 unspecified atom stereocenters. The highest BCUT2D eigenvalue weighted by Gasteiger charge is 2.27. The van der Waals surface area contributed by atoms with Gasteiger partial charge in [-0.25, -0.2) is 9.37 Å². The van der Waals surface area contributed by atoms with Crippen molar-refractivity contribution in [3.8, 4) is 11.3 Å². The van der Waals surface area contributed by atoms with Crippen LogP contribution in [0.4, 0.5) is 21.6 Å². The Morgan fingerprint density at radius 1 is 1.30 bits per heavy atom. The molecular formula is C21H24FN7O. The zero-order chi connectivity index (χ0) is 21.3. The number of nitrogens with one attached hydrogen (secondary N) is 1. The molecule has 1 amide bonds. The molecule has 8 nitrogen and oxygen atoms in total. The van der Waals surface area contributed by atoms with Crippen molar-refractivity contribution in [1.82, 2.24) is 14.8 Å². The summed E-state index contributed by atoms with van der Waals surface area (Å²) in [5.74, 6) is 0.329. The summed E-state index contributed by atoms with van der Waals surface area (Å²) in [6.07, 6.45) is 2.59. The number of anilines is 3. The molecule has 0 spiro atoms.